The minimum absolute atomic E-state index is 0.295. The highest BCUT2D eigenvalue weighted by Gasteiger charge is 2.31. The molecule has 2 aromatic heterocycles. The van der Waals surface area contributed by atoms with Gasteiger partial charge in [-0.1, -0.05) is 50.7 Å². The van der Waals surface area contributed by atoms with E-state index in [4.69, 9.17) is 0 Å². The zero-order valence-corrected chi connectivity index (χ0v) is 22.1. The fourth-order valence-corrected chi connectivity index (χ4v) is 8.04. The zero-order chi connectivity index (χ0) is 23.2. The summed E-state index contributed by atoms with van der Waals surface area (Å²) in [6.45, 7) is 13.7. The summed E-state index contributed by atoms with van der Waals surface area (Å²) in [4.78, 5) is 2.81. The summed E-state index contributed by atoms with van der Waals surface area (Å²) < 4.78 is 5.16. The molecular formula is C30H30NS2+. The number of benzene rings is 3. The van der Waals surface area contributed by atoms with Gasteiger partial charge in [-0.05, 0) is 67.0 Å². The Morgan fingerprint density at radius 1 is 0.879 bits per heavy atom. The molecule has 3 heterocycles. The largest absolute Gasteiger partial charge is 0.222 e. The van der Waals surface area contributed by atoms with Crippen LogP contribution in [0.15, 0.2) is 52.4 Å². The van der Waals surface area contributed by atoms with Gasteiger partial charge in [0.05, 0.1) is 10.9 Å². The van der Waals surface area contributed by atoms with Gasteiger partial charge in [0.2, 0.25) is 5.69 Å². The third kappa shape index (κ3) is 3.16. The molecule has 3 aromatic carbocycles. The van der Waals surface area contributed by atoms with Gasteiger partial charge in [-0.3, -0.25) is 0 Å². The molecule has 0 radical (unpaired) electrons. The Kier molecular flexibility index (Phi) is 4.54. The van der Waals surface area contributed by atoms with Gasteiger partial charge >= 0.3 is 0 Å². The second-order valence-corrected chi connectivity index (χ2v) is 13.0. The number of pyridine rings is 1. The molecule has 0 aliphatic carbocycles. The summed E-state index contributed by atoms with van der Waals surface area (Å²) in [6, 6.07) is 14.3. The fraction of sp³-hybridized carbons (Fsp3) is 0.300. The lowest BCUT2D eigenvalue weighted by molar-refractivity contribution is -0.659. The van der Waals surface area contributed by atoms with E-state index in [1.165, 1.54) is 74.2 Å². The van der Waals surface area contributed by atoms with E-state index in [1.807, 2.05) is 23.1 Å². The number of fused-ring (bicyclic) bond motifs is 6. The van der Waals surface area contributed by atoms with Gasteiger partial charge in [0.25, 0.3) is 0 Å². The lowest BCUT2D eigenvalue weighted by atomic mass is 9.88. The third-order valence-electron chi connectivity index (χ3n) is 7.05. The normalized spacial score (nSPS) is 13.3. The van der Waals surface area contributed by atoms with Crippen LogP contribution in [0, 0.1) is 26.2 Å². The van der Waals surface area contributed by atoms with Gasteiger partial charge in [-0.25, -0.2) is 4.57 Å². The van der Waals surface area contributed by atoms with Crippen LogP contribution in [0.2, 0.25) is 0 Å². The maximum Gasteiger partial charge on any atom is 0.222 e. The van der Waals surface area contributed by atoms with Crippen LogP contribution < -0.4 is 4.57 Å². The van der Waals surface area contributed by atoms with Crippen LogP contribution in [0.5, 0.6) is 0 Å². The van der Waals surface area contributed by atoms with Crippen LogP contribution in [-0.2, 0) is 13.5 Å². The molecule has 3 heteroatoms. The van der Waals surface area contributed by atoms with Crippen molar-refractivity contribution in [2.24, 2.45) is 12.5 Å². The first-order valence-electron chi connectivity index (χ1n) is 11.7. The van der Waals surface area contributed by atoms with Crippen LogP contribution in [0.4, 0.5) is 0 Å². The summed E-state index contributed by atoms with van der Waals surface area (Å²) in [5.74, 6) is 0. The minimum atomic E-state index is 0.295. The summed E-state index contributed by atoms with van der Waals surface area (Å²) in [5.41, 5.74) is 8.68. The molecular weight excluding hydrogens is 438 g/mol. The van der Waals surface area contributed by atoms with Crippen molar-refractivity contribution in [2.45, 2.75) is 57.8 Å². The molecule has 1 aliphatic heterocycles. The van der Waals surface area contributed by atoms with Crippen molar-refractivity contribution in [3.8, 4) is 11.3 Å². The van der Waals surface area contributed by atoms with E-state index in [2.05, 4.69) is 95.8 Å². The zero-order valence-electron chi connectivity index (χ0n) is 20.5. The van der Waals surface area contributed by atoms with Crippen molar-refractivity contribution in [3.05, 3.63) is 64.8 Å². The van der Waals surface area contributed by atoms with Gasteiger partial charge in [0, 0.05) is 41.4 Å². The summed E-state index contributed by atoms with van der Waals surface area (Å²) in [6.07, 6.45) is 3.36. The predicted octanol–water partition coefficient (Wildman–Crippen LogP) is 8.68. The topological polar surface area (TPSA) is 3.88 Å². The van der Waals surface area contributed by atoms with Crippen LogP contribution in [0.25, 0.3) is 42.2 Å². The molecule has 166 valence electrons. The van der Waals surface area contributed by atoms with E-state index in [-0.39, 0.29) is 0 Å². The average molecular weight is 469 g/mol. The fourth-order valence-electron chi connectivity index (χ4n) is 5.49. The third-order valence-corrected chi connectivity index (χ3v) is 9.52. The number of thiophene rings is 1. The molecule has 0 spiro atoms. The molecule has 0 N–H and O–H groups in total. The van der Waals surface area contributed by atoms with E-state index in [1.54, 1.807) is 0 Å². The Bertz CT molecular complexity index is 1630. The molecule has 6 rings (SSSR count). The molecule has 0 atom stereocenters. The maximum absolute atomic E-state index is 2.46. The Labute approximate surface area is 204 Å². The Balaban J connectivity index is 1.70. The van der Waals surface area contributed by atoms with E-state index in [0.29, 0.717) is 5.41 Å². The molecule has 0 saturated heterocycles. The number of nitrogens with zero attached hydrogens (tertiary/aromatic N) is 1. The van der Waals surface area contributed by atoms with E-state index >= 15 is 0 Å². The number of aryl methyl sites for hydroxylation is 3. The van der Waals surface area contributed by atoms with E-state index < -0.39 is 0 Å². The van der Waals surface area contributed by atoms with Crippen LogP contribution in [-0.4, -0.2) is 0 Å². The molecule has 1 nitrogen and oxygen atoms in total. The minimum Gasteiger partial charge on any atom is -0.200 e. The standard InChI is InChI=1S/C30H30NS2/c1-16-12-17(2)28-25(18(16)3)27-26-21(10-11-31(27)7)29-22(14-24(26)33-28)20-9-8-19(13-23(20)32-29)15-30(4,5)6/h8-14H,15H2,1-7H3/q+1. The molecule has 0 saturated carbocycles. The number of rotatable bonds is 1. The van der Waals surface area contributed by atoms with Crippen molar-refractivity contribution in [2.75, 3.05) is 0 Å². The highest BCUT2D eigenvalue weighted by atomic mass is 32.2. The average Bonchev–Trinajstić information content (AvgIpc) is 3.10. The smallest absolute Gasteiger partial charge is 0.200 e. The van der Waals surface area contributed by atoms with Crippen molar-refractivity contribution in [1.29, 1.82) is 0 Å². The predicted molar refractivity (Wildman–Crippen MR) is 145 cm³/mol. The van der Waals surface area contributed by atoms with Crippen molar-refractivity contribution in [1.82, 2.24) is 0 Å². The summed E-state index contributed by atoms with van der Waals surface area (Å²) in [5, 5.41) is 5.60. The molecule has 0 unspecified atom stereocenters. The highest BCUT2D eigenvalue weighted by Crippen LogP contribution is 2.52. The van der Waals surface area contributed by atoms with E-state index in [0.717, 1.165) is 6.42 Å². The Hall–Kier alpha value is -2.36. The van der Waals surface area contributed by atoms with Crippen molar-refractivity contribution < 1.29 is 4.57 Å². The first-order valence-corrected chi connectivity index (χ1v) is 13.4. The summed E-state index contributed by atoms with van der Waals surface area (Å²) in [7, 11) is 2.20. The second-order valence-electron chi connectivity index (χ2n) is 10.9. The monoisotopic (exact) mass is 468 g/mol. The lowest BCUT2D eigenvalue weighted by Gasteiger charge is -2.22. The molecule has 1 aliphatic rings. The summed E-state index contributed by atoms with van der Waals surface area (Å²) >= 11 is 3.92. The lowest BCUT2D eigenvalue weighted by Crippen LogP contribution is -2.32. The molecule has 0 bridgehead atoms. The SMILES string of the molecule is Cc1cc(C)c2c(c1C)-c1c3c(cc4c5ccc(CC(C)(C)C)cc5sc4c3cc[n+]1C)S2. The molecule has 0 fully saturated rings. The Morgan fingerprint density at radius 2 is 1.67 bits per heavy atom. The Morgan fingerprint density at radius 3 is 2.42 bits per heavy atom. The number of aromatic nitrogens is 1. The molecule has 0 amide bonds. The molecule has 5 aromatic rings. The van der Waals surface area contributed by atoms with Crippen LogP contribution in [0.1, 0.15) is 43.0 Å². The van der Waals surface area contributed by atoms with Crippen LogP contribution >= 0.6 is 23.1 Å². The number of hydrogen-bond donors (Lipinski definition) is 0. The quantitative estimate of drug-likeness (QED) is 0.218. The van der Waals surface area contributed by atoms with Gasteiger partial charge < -0.3 is 0 Å². The van der Waals surface area contributed by atoms with E-state index in [9.17, 15) is 0 Å². The maximum atomic E-state index is 2.46. The molecule has 33 heavy (non-hydrogen) atoms. The van der Waals surface area contributed by atoms with Gasteiger partial charge in [-0.2, -0.15) is 0 Å². The van der Waals surface area contributed by atoms with Gasteiger partial charge in [0.15, 0.2) is 6.20 Å². The second kappa shape index (κ2) is 7.07. The first kappa shape index (κ1) is 21.2. The van der Waals surface area contributed by atoms with Crippen molar-refractivity contribution >= 4 is 54.0 Å². The van der Waals surface area contributed by atoms with Crippen LogP contribution in [0.3, 0.4) is 0 Å². The van der Waals surface area contributed by atoms with Crippen molar-refractivity contribution in [3.63, 3.8) is 0 Å². The van der Waals surface area contributed by atoms with Gasteiger partial charge in [0.1, 0.15) is 7.05 Å². The van der Waals surface area contributed by atoms with Gasteiger partial charge in [-0.15, -0.1) is 11.3 Å². The first-order chi connectivity index (χ1) is 15.6. The highest BCUT2D eigenvalue weighted by molar-refractivity contribution is 8.00. The number of hydrogen-bond acceptors (Lipinski definition) is 2.